The standard InChI is InChI=1S/C17H13F3N4O3S/c18-17(19,20)11-3-1-10(2-4-11)14-7-13(15(26)21-5-6-25)16(27)24(23-14)12-8-22-28-9-12/h1-4,7-9,25H,5-6H2,(H,21,26). The Morgan fingerprint density at radius 1 is 1.25 bits per heavy atom. The van der Waals surface area contributed by atoms with Gasteiger partial charge in [-0.3, -0.25) is 9.59 Å². The van der Waals surface area contributed by atoms with Crippen LogP contribution in [0.3, 0.4) is 0 Å². The Hall–Kier alpha value is -3.05. The smallest absolute Gasteiger partial charge is 0.395 e. The third-order valence-corrected chi connectivity index (χ3v) is 4.30. The summed E-state index contributed by atoms with van der Waals surface area (Å²) in [6.45, 7) is -0.374. The highest BCUT2D eigenvalue weighted by atomic mass is 32.1. The van der Waals surface area contributed by atoms with Gasteiger partial charge in [0.15, 0.2) is 0 Å². The molecule has 11 heteroatoms. The first-order chi connectivity index (χ1) is 13.3. The topological polar surface area (TPSA) is 97.1 Å². The molecule has 2 aromatic heterocycles. The van der Waals surface area contributed by atoms with Crippen LogP contribution in [0.25, 0.3) is 16.9 Å². The number of alkyl halides is 3. The molecule has 0 atom stereocenters. The van der Waals surface area contributed by atoms with E-state index in [9.17, 15) is 22.8 Å². The molecular formula is C17H13F3N4O3S. The zero-order valence-corrected chi connectivity index (χ0v) is 14.9. The molecule has 0 aliphatic carbocycles. The summed E-state index contributed by atoms with van der Waals surface area (Å²) in [5, 5.41) is 16.9. The fourth-order valence-corrected chi connectivity index (χ4v) is 2.87. The Morgan fingerprint density at radius 2 is 1.96 bits per heavy atom. The van der Waals surface area contributed by atoms with Gasteiger partial charge in [0.25, 0.3) is 11.5 Å². The lowest BCUT2D eigenvalue weighted by Gasteiger charge is -2.11. The monoisotopic (exact) mass is 410 g/mol. The van der Waals surface area contributed by atoms with Gasteiger partial charge in [0.2, 0.25) is 0 Å². The second-order valence-electron chi connectivity index (χ2n) is 5.60. The van der Waals surface area contributed by atoms with Crippen molar-refractivity contribution in [3.8, 4) is 16.9 Å². The molecule has 0 saturated heterocycles. The van der Waals surface area contributed by atoms with Crippen molar-refractivity contribution in [1.82, 2.24) is 19.5 Å². The van der Waals surface area contributed by atoms with Crippen molar-refractivity contribution in [2.75, 3.05) is 13.2 Å². The lowest BCUT2D eigenvalue weighted by molar-refractivity contribution is -0.137. The van der Waals surface area contributed by atoms with Crippen LogP contribution in [-0.4, -0.2) is 38.3 Å². The highest BCUT2D eigenvalue weighted by Gasteiger charge is 2.30. The first kappa shape index (κ1) is 19.7. The number of amides is 1. The van der Waals surface area contributed by atoms with Crippen molar-refractivity contribution in [2.24, 2.45) is 0 Å². The third-order valence-electron chi connectivity index (χ3n) is 3.73. The number of nitrogens with one attached hydrogen (secondary N) is 1. The van der Waals surface area contributed by atoms with E-state index in [1.807, 2.05) is 0 Å². The predicted octanol–water partition coefficient (Wildman–Crippen LogP) is 2.10. The van der Waals surface area contributed by atoms with Crippen molar-refractivity contribution < 1.29 is 23.1 Å². The number of nitrogens with zero attached hydrogens (tertiary/aromatic N) is 3. The number of rotatable bonds is 5. The fourth-order valence-electron chi connectivity index (χ4n) is 2.37. The molecule has 0 bridgehead atoms. The SMILES string of the molecule is O=C(NCCO)c1cc(-c2ccc(C(F)(F)F)cc2)nn(-c2cnsc2)c1=O. The van der Waals surface area contributed by atoms with E-state index in [0.717, 1.165) is 28.3 Å². The highest BCUT2D eigenvalue weighted by Crippen LogP contribution is 2.30. The number of hydrogen-bond donors (Lipinski definition) is 2. The molecule has 2 N–H and O–H groups in total. The van der Waals surface area contributed by atoms with Crippen LogP contribution >= 0.6 is 11.5 Å². The van der Waals surface area contributed by atoms with E-state index in [2.05, 4.69) is 14.8 Å². The minimum atomic E-state index is -4.48. The number of hydrogen-bond acceptors (Lipinski definition) is 6. The molecule has 3 rings (SSSR count). The zero-order valence-electron chi connectivity index (χ0n) is 14.1. The number of benzene rings is 1. The van der Waals surface area contributed by atoms with E-state index in [1.165, 1.54) is 24.4 Å². The second kappa shape index (κ2) is 7.90. The molecule has 0 spiro atoms. The van der Waals surface area contributed by atoms with Crippen LogP contribution in [0.5, 0.6) is 0 Å². The van der Waals surface area contributed by atoms with Crippen molar-refractivity contribution in [3.63, 3.8) is 0 Å². The van der Waals surface area contributed by atoms with Crippen molar-refractivity contribution in [3.05, 3.63) is 63.4 Å². The number of halogens is 3. The van der Waals surface area contributed by atoms with Gasteiger partial charge in [-0.05, 0) is 29.7 Å². The van der Waals surface area contributed by atoms with Crippen LogP contribution in [0.2, 0.25) is 0 Å². The number of carbonyl (C=O) groups is 1. The minimum absolute atomic E-state index is 0.0593. The third kappa shape index (κ3) is 4.10. The maximum absolute atomic E-state index is 12.8. The summed E-state index contributed by atoms with van der Waals surface area (Å²) in [7, 11) is 0. The molecule has 3 aromatic rings. The van der Waals surface area contributed by atoms with E-state index < -0.39 is 23.2 Å². The van der Waals surface area contributed by atoms with E-state index in [0.29, 0.717) is 11.3 Å². The van der Waals surface area contributed by atoms with Gasteiger partial charge in [-0.25, -0.2) is 0 Å². The Bertz CT molecular complexity index is 1030. The average molecular weight is 410 g/mol. The van der Waals surface area contributed by atoms with E-state index in [-0.39, 0.29) is 24.4 Å². The van der Waals surface area contributed by atoms with Gasteiger partial charge in [0, 0.05) is 17.5 Å². The quantitative estimate of drug-likeness (QED) is 0.672. The molecule has 0 fully saturated rings. The number of aliphatic hydroxyl groups is 1. The van der Waals surface area contributed by atoms with Crippen molar-refractivity contribution >= 4 is 17.4 Å². The van der Waals surface area contributed by atoms with Gasteiger partial charge in [-0.1, -0.05) is 12.1 Å². The summed E-state index contributed by atoms with van der Waals surface area (Å²) < 4.78 is 43.2. The summed E-state index contributed by atoms with van der Waals surface area (Å²) in [5.74, 6) is -0.730. The molecular weight excluding hydrogens is 397 g/mol. The minimum Gasteiger partial charge on any atom is -0.395 e. The summed E-state index contributed by atoms with van der Waals surface area (Å²) >= 11 is 1.07. The number of carbonyl (C=O) groups excluding carboxylic acids is 1. The van der Waals surface area contributed by atoms with Crippen molar-refractivity contribution in [2.45, 2.75) is 6.18 Å². The number of aromatic nitrogens is 3. The van der Waals surface area contributed by atoms with Gasteiger partial charge in [0.05, 0.1) is 29.7 Å². The average Bonchev–Trinajstić information content (AvgIpc) is 3.20. The first-order valence-corrected chi connectivity index (χ1v) is 8.75. The molecule has 28 heavy (non-hydrogen) atoms. The molecule has 0 aliphatic rings. The second-order valence-corrected chi connectivity index (χ2v) is 6.25. The number of aliphatic hydroxyl groups excluding tert-OH is 1. The lowest BCUT2D eigenvalue weighted by Crippen LogP contribution is -2.35. The van der Waals surface area contributed by atoms with Gasteiger partial charge >= 0.3 is 6.18 Å². The molecule has 1 amide bonds. The summed E-state index contributed by atoms with van der Waals surface area (Å²) in [4.78, 5) is 24.9. The molecule has 146 valence electrons. The van der Waals surface area contributed by atoms with Crippen LogP contribution in [0.4, 0.5) is 13.2 Å². The Balaban J connectivity index is 2.12. The molecule has 2 heterocycles. The Labute approximate surface area is 160 Å². The zero-order chi connectivity index (χ0) is 20.3. The van der Waals surface area contributed by atoms with Gasteiger partial charge in [-0.15, -0.1) is 0 Å². The normalized spacial score (nSPS) is 11.4. The Morgan fingerprint density at radius 3 is 2.54 bits per heavy atom. The van der Waals surface area contributed by atoms with Crippen LogP contribution in [0.1, 0.15) is 15.9 Å². The summed E-state index contributed by atoms with van der Waals surface area (Å²) in [6, 6.07) is 5.41. The van der Waals surface area contributed by atoms with Crippen molar-refractivity contribution in [1.29, 1.82) is 0 Å². The first-order valence-electron chi connectivity index (χ1n) is 7.92. The maximum Gasteiger partial charge on any atom is 0.416 e. The van der Waals surface area contributed by atoms with Gasteiger partial charge in [0.1, 0.15) is 5.56 Å². The van der Waals surface area contributed by atoms with E-state index in [1.54, 1.807) is 5.38 Å². The molecule has 0 aliphatic heterocycles. The molecule has 0 radical (unpaired) electrons. The maximum atomic E-state index is 12.8. The summed E-state index contributed by atoms with van der Waals surface area (Å²) in [6.07, 6.45) is -3.10. The lowest BCUT2D eigenvalue weighted by atomic mass is 10.1. The molecule has 0 unspecified atom stereocenters. The van der Waals surface area contributed by atoms with Gasteiger partial charge < -0.3 is 10.4 Å². The predicted molar refractivity (Wildman–Crippen MR) is 95.4 cm³/mol. The highest BCUT2D eigenvalue weighted by molar-refractivity contribution is 7.03. The van der Waals surface area contributed by atoms with Crippen LogP contribution < -0.4 is 10.9 Å². The van der Waals surface area contributed by atoms with Crippen LogP contribution in [0.15, 0.2) is 46.7 Å². The molecule has 7 nitrogen and oxygen atoms in total. The molecule has 1 aromatic carbocycles. The van der Waals surface area contributed by atoms with Crippen LogP contribution in [-0.2, 0) is 6.18 Å². The summed E-state index contributed by atoms with van der Waals surface area (Å²) in [5.41, 5.74) is -1.06. The van der Waals surface area contributed by atoms with Crippen LogP contribution in [0, 0.1) is 0 Å². The van der Waals surface area contributed by atoms with E-state index in [4.69, 9.17) is 5.11 Å². The largest absolute Gasteiger partial charge is 0.416 e. The van der Waals surface area contributed by atoms with Gasteiger partial charge in [-0.2, -0.15) is 27.3 Å². The fraction of sp³-hybridized carbons (Fsp3) is 0.176. The Kier molecular flexibility index (Phi) is 5.56. The molecule has 0 saturated carbocycles. The van der Waals surface area contributed by atoms with E-state index >= 15 is 0 Å².